The van der Waals surface area contributed by atoms with E-state index in [9.17, 15) is 8.42 Å². The van der Waals surface area contributed by atoms with Crippen molar-refractivity contribution < 1.29 is 12.6 Å². The molecular formula is C8H9ClO3S. The Kier molecular flexibility index (Phi) is 3.17. The van der Waals surface area contributed by atoms with Crippen LogP contribution < -0.4 is 4.18 Å². The van der Waals surface area contributed by atoms with E-state index in [-0.39, 0.29) is 11.5 Å². The summed E-state index contributed by atoms with van der Waals surface area (Å²) in [5.74, 6) is 0.238. The van der Waals surface area contributed by atoms with Gasteiger partial charge in [0.25, 0.3) is 0 Å². The van der Waals surface area contributed by atoms with E-state index in [0.717, 1.165) is 0 Å². The van der Waals surface area contributed by atoms with E-state index in [0.29, 0.717) is 5.02 Å². The molecule has 0 saturated carbocycles. The van der Waals surface area contributed by atoms with Gasteiger partial charge in [0.1, 0.15) is 5.75 Å². The molecule has 13 heavy (non-hydrogen) atoms. The Bertz CT molecular complexity index is 369. The molecular weight excluding hydrogens is 212 g/mol. The molecule has 0 atom stereocenters. The first kappa shape index (κ1) is 10.3. The van der Waals surface area contributed by atoms with Crippen molar-refractivity contribution >= 4 is 21.7 Å². The molecule has 0 fully saturated rings. The number of hydrogen-bond acceptors (Lipinski definition) is 3. The van der Waals surface area contributed by atoms with Crippen LogP contribution in [0.4, 0.5) is 0 Å². The Morgan fingerprint density at radius 3 is 2.31 bits per heavy atom. The fourth-order valence-corrected chi connectivity index (χ4v) is 1.34. The zero-order chi connectivity index (χ0) is 9.90. The minimum absolute atomic E-state index is 0.0460. The highest BCUT2D eigenvalue weighted by atomic mass is 35.5. The lowest BCUT2D eigenvalue weighted by Crippen LogP contribution is -2.11. The Labute approximate surface area is 82.4 Å². The van der Waals surface area contributed by atoms with Gasteiger partial charge in [-0.25, -0.2) is 0 Å². The van der Waals surface area contributed by atoms with Crippen molar-refractivity contribution in [3.8, 4) is 5.75 Å². The van der Waals surface area contributed by atoms with Gasteiger partial charge in [0, 0.05) is 5.02 Å². The second kappa shape index (κ2) is 3.98. The van der Waals surface area contributed by atoms with Crippen molar-refractivity contribution in [3.05, 3.63) is 29.3 Å². The molecule has 0 aromatic heterocycles. The van der Waals surface area contributed by atoms with Crippen molar-refractivity contribution in [2.45, 2.75) is 6.92 Å². The minimum Gasteiger partial charge on any atom is -0.382 e. The normalized spacial score (nSPS) is 11.2. The van der Waals surface area contributed by atoms with Crippen LogP contribution in [0.5, 0.6) is 5.75 Å². The van der Waals surface area contributed by atoms with Gasteiger partial charge in [-0.2, -0.15) is 8.42 Å². The molecule has 0 aliphatic carbocycles. The van der Waals surface area contributed by atoms with Crippen LogP contribution in [0.2, 0.25) is 5.02 Å². The average molecular weight is 221 g/mol. The van der Waals surface area contributed by atoms with E-state index in [1.54, 1.807) is 12.1 Å². The fourth-order valence-electron chi connectivity index (χ4n) is 0.696. The summed E-state index contributed by atoms with van der Waals surface area (Å²) in [7, 11) is -3.43. The van der Waals surface area contributed by atoms with Crippen LogP contribution in [0, 0.1) is 0 Å². The SMILES string of the molecule is CCS(=O)(=O)Oc1ccc(Cl)cc1. The maximum Gasteiger partial charge on any atom is 0.308 e. The van der Waals surface area contributed by atoms with Crippen LogP contribution in [-0.4, -0.2) is 14.2 Å². The third-order valence-corrected chi connectivity index (χ3v) is 2.80. The van der Waals surface area contributed by atoms with Gasteiger partial charge in [-0.05, 0) is 31.2 Å². The first-order chi connectivity index (χ1) is 6.03. The highest BCUT2D eigenvalue weighted by Gasteiger charge is 2.08. The average Bonchev–Trinajstić information content (AvgIpc) is 2.09. The zero-order valence-electron chi connectivity index (χ0n) is 7.03. The second-order valence-electron chi connectivity index (χ2n) is 2.38. The maximum absolute atomic E-state index is 11.0. The molecule has 0 amide bonds. The molecule has 1 aromatic rings. The maximum atomic E-state index is 11.0. The molecule has 0 aliphatic heterocycles. The topological polar surface area (TPSA) is 43.4 Å². The van der Waals surface area contributed by atoms with E-state index in [1.807, 2.05) is 0 Å². The second-order valence-corrected chi connectivity index (χ2v) is 4.68. The lowest BCUT2D eigenvalue weighted by molar-refractivity contribution is 0.487. The predicted octanol–water partition coefficient (Wildman–Crippen LogP) is 2.07. The summed E-state index contributed by atoms with van der Waals surface area (Å²) < 4.78 is 26.7. The molecule has 72 valence electrons. The van der Waals surface area contributed by atoms with Gasteiger partial charge >= 0.3 is 10.1 Å². The van der Waals surface area contributed by atoms with Crippen LogP contribution >= 0.6 is 11.6 Å². The van der Waals surface area contributed by atoms with Gasteiger partial charge < -0.3 is 4.18 Å². The van der Waals surface area contributed by atoms with E-state index in [1.165, 1.54) is 19.1 Å². The van der Waals surface area contributed by atoms with Crippen LogP contribution in [0.3, 0.4) is 0 Å². The zero-order valence-corrected chi connectivity index (χ0v) is 8.60. The first-order valence-corrected chi connectivity index (χ1v) is 5.67. The third kappa shape index (κ3) is 3.24. The van der Waals surface area contributed by atoms with Gasteiger partial charge in [-0.1, -0.05) is 11.6 Å². The number of benzene rings is 1. The van der Waals surface area contributed by atoms with Crippen LogP contribution in [0.15, 0.2) is 24.3 Å². The van der Waals surface area contributed by atoms with Crippen LogP contribution in [-0.2, 0) is 10.1 Å². The summed E-state index contributed by atoms with van der Waals surface area (Å²) in [6.07, 6.45) is 0. The fraction of sp³-hybridized carbons (Fsp3) is 0.250. The van der Waals surface area contributed by atoms with E-state index in [2.05, 4.69) is 0 Å². The predicted molar refractivity (Wildman–Crippen MR) is 51.5 cm³/mol. The molecule has 3 nitrogen and oxygen atoms in total. The van der Waals surface area contributed by atoms with Crippen molar-refractivity contribution in [1.29, 1.82) is 0 Å². The molecule has 5 heteroatoms. The van der Waals surface area contributed by atoms with Crippen molar-refractivity contribution in [1.82, 2.24) is 0 Å². The van der Waals surface area contributed by atoms with Gasteiger partial charge in [0.2, 0.25) is 0 Å². The van der Waals surface area contributed by atoms with Gasteiger partial charge in [-0.3, -0.25) is 0 Å². The molecule has 0 radical (unpaired) electrons. The first-order valence-electron chi connectivity index (χ1n) is 3.71. The van der Waals surface area contributed by atoms with Crippen molar-refractivity contribution in [2.24, 2.45) is 0 Å². The molecule has 0 bridgehead atoms. The Hall–Kier alpha value is -0.740. The Morgan fingerprint density at radius 2 is 1.85 bits per heavy atom. The summed E-state index contributed by atoms with van der Waals surface area (Å²) >= 11 is 5.61. The lowest BCUT2D eigenvalue weighted by Gasteiger charge is -2.03. The van der Waals surface area contributed by atoms with E-state index in [4.69, 9.17) is 15.8 Å². The minimum atomic E-state index is -3.43. The van der Waals surface area contributed by atoms with Crippen molar-refractivity contribution in [3.63, 3.8) is 0 Å². The number of rotatable bonds is 3. The van der Waals surface area contributed by atoms with E-state index >= 15 is 0 Å². The number of halogens is 1. The highest BCUT2D eigenvalue weighted by molar-refractivity contribution is 7.87. The molecule has 0 heterocycles. The molecule has 1 rings (SSSR count). The van der Waals surface area contributed by atoms with E-state index < -0.39 is 10.1 Å². The largest absolute Gasteiger partial charge is 0.382 e. The summed E-state index contributed by atoms with van der Waals surface area (Å²) in [5.41, 5.74) is 0. The highest BCUT2D eigenvalue weighted by Crippen LogP contribution is 2.17. The monoisotopic (exact) mass is 220 g/mol. The summed E-state index contributed by atoms with van der Waals surface area (Å²) in [6.45, 7) is 1.52. The lowest BCUT2D eigenvalue weighted by atomic mass is 10.3. The van der Waals surface area contributed by atoms with Gasteiger partial charge in [0.15, 0.2) is 0 Å². The Balaban J connectivity index is 2.82. The molecule has 1 aromatic carbocycles. The van der Waals surface area contributed by atoms with Crippen molar-refractivity contribution in [2.75, 3.05) is 5.75 Å². The Morgan fingerprint density at radius 1 is 1.31 bits per heavy atom. The third-order valence-electron chi connectivity index (χ3n) is 1.39. The molecule has 0 saturated heterocycles. The summed E-state index contributed by atoms with van der Waals surface area (Å²) in [6, 6.07) is 6.16. The summed E-state index contributed by atoms with van der Waals surface area (Å²) in [4.78, 5) is 0. The smallest absolute Gasteiger partial charge is 0.308 e. The van der Waals surface area contributed by atoms with Crippen LogP contribution in [0.25, 0.3) is 0 Å². The van der Waals surface area contributed by atoms with Gasteiger partial charge in [0.05, 0.1) is 5.75 Å². The van der Waals surface area contributed by atoms with Crippen LogP contribution in [0.1, 0.15) is 6.92 Å². The standard InChI is InChI=1S/C8H9ClO3S/c1-2-13(10,11)12-8-5-3-7(9)4-6-8/h3-6H,2H2,1H3. The number of hydrogen-bond donors (Lipinski definition) is 0. The van der Waals surface area contributed by atoms with Gasteiger partial charge in [-0.15, -0.1) is 0 Å². The molecule has 0 N–H and O–H groups in total. The molecule has 0 unspecified atom stereocenters. The summed E-state index contributed by atoms with van der Waals surface area (Å²) in [5, 5.41) is 0.543. The quantitative estimate of drug-likeness (QED) is 0.733. The molecule has 0 spiro atoms. The molecule has 0 aliphatic rings.